The van der Waals surface area contributed by atoms with Crippen LogP contribution in [0.3, 0.4) is 0 Å². The van der Waals surface area contributed by atoms with Crippen LogP contribution in [0.1, 0.15) is 29.8 Å². The van der Waals surface area contributed by atoms with Crippen molar-refractivity contribution in [3.05, 3.63) is 77.6 Å². The molecule has 0 spiro atoms. The normalized spacial score (nSPS) is 12.4. The molecule has 3 aromatic rings. The van der Waals surface area contributed by atoms with Gasteiger partial charge in [0.2, 0.25) is 5.91 Å². The summed E-state index contributed by atoms with van der Waals surface area (Å²) in [5, 5.41) is 9.95. The van der Waals surface area contributed by atoms with E-state index >= 15 is 0 Å². The van der Waals surface area contributed by atoms with Crippen LogP contribution in [0, 0.1) is 6.92 Å². The predicted octanol–water partition coefficient (Wildman–Crippen LogP) is 4.49. The van der Waals surface area contributed by atoms with Crippen molar-refractivity contribution in [3.8, 4) is 5.69 Å². The Labute approximate surface area is 166 Å². The van der Waals surface area contributed by atoms with Gasteiger partial charge in [0, 0.05) is 16.9 Å². The van der Waals surface area contributed by atoms with E-state index in [0.717, 1.165) is 29.1 Å². The Hall–Kier alpha value is -3.29. The van der Waals surface area contributed by atoms with Gasteiger partial charge in [0.25, 0.3) is 0 Å². The Kier molecular flexibility index (Phi) is 5.91. The first-order valence-corrected chi connectivity index (χ1v) is 9.06. The number of aromatic nitrogens is 2. The van der Waals surface area contributed by atoms with Crippen LogP contribution in [0.4, 0.5) is 18.9 Å². The zero-order valence-corrected chi connectivity index (χ0v) is 16.0. The Morgan fingerprint density at radius 1 is 1.14 bits per heavy atom. The van der Waals surface area contributed by atoms with Crippen molar-refractivity contribution in [2.24, 2.45) is 0 Å². The van der Waals surface area contributed by atoms with E-state index in [2.05, 4.69) is 15.7 Å². The Morgan fingerprint density at radius 2 is 1.86 bits per heavy atom. The second-order valence-corrected chi connectivity index (χ2v) is 6.65. The van der Waals surface area contributed by atoms with E-state index in [4.69, 9.17) is 0 Å². The van der Waals surface area contributed by atoms with Gasteiger partial charge in [-0.2, -0.15) is 18.3 Å². The molecule has 1 unspecified atom stereocenters. The van der Waals surface area contributed by atoms with E-state index < -0.39 is 11.7 Å². The van der Waals surface area contributed by atoms with Gasteiger partial charge in [0.1, 0.15) is 0 Å². The summed E-state index contributed by atoms with van der Waals surface area (Å²) < 4.78 is 40.1. The zero-order chi connectivity index (χ0) is 21.0. The second kappa shape index (κ2) is 8.38. The van der Waals surface area contributed by atoms with Crippen LogP contribution in [-0.2, 0) is 11.0 Å². The third kappa shape index (κ3) is 4.96. The quantitative estimate of drug-likeness (QED) is 0.639. The first-order valence-electron chi connectivity index (χ1n) is 9.06. The molecule has 1 aromatic heterocycles. The summed E-state index contributed by atoms with van der Waals surface area (Å²) in [7, 11) is 0. The number of nitrogens with zero attached hydrogens (tertiary/aromatic N) is 2. The molecule has 2 N–H and O–H groups in total. The standard InChI is InChI=1S/C21H21F3N4O/c1-14(19-12-26-28(15(19)2)18-9-4-3-5-10-18)27-20(29)13-25-17-8-6-7-16(11-17)21(22,23)24/h3-12,14,25H,13H2,1-2H3,(H,27,29). The lowest BCUT2D eigenvalue weighted by atomic mass is 10.1. The lowest BCUT2D eigenvalue weighted by Gasteiger charge is -2.15. The minimum Gasteiger partial charge on any atom is -0.376 e. The SMILES string of the molecule is Cc1c(C(C)NC(=O)CNc2cccc(C(F)(F)F)c2)cnn1-c1ccccc1. The number of halogens is 3. The molecule has 0 fully saturated rings. The lowest BCUT2D eigenvalue weighted by Crippen LogP contribution is -2.32. The molecule has 1 amide bonds. The molecule has 3 rings (SSSR count). The number of carbonyl (C=O) groups excluding carboxylic acids is 1. The van der Waals surface area contributed by atoms with Gasteiger partial charge in [-0.3, -0.25) is 4.79 Å². The van der Waals surface area contributed by atoms with Gasteiger partial charge >= 0.3 is 6.18 Å². The fourth-order valence-corrected chi connectivity index (χ4v) is 3.03. The number of rotatable bonds is 6. The maximum atomic E-state index is 12.8. The number of alkyl halides is 3. The molecule has 0 aliphatic heterocycles. The van der Waals surface area contributed by atoms with Crippen LogP contribution in [-0.4, -0.2) is 22.2 Å². The molecule has 0 bridgehead atoms. The van der Waals surface area contributed by atoms with Crippen molar-refractivity contribution in [1.82, 2.24) is 15.1 Å². The summed E-state index contributed by atoms with van der Waals surface area (Å²) in [6, 6.07) is 14.1. The van der Waals surface area contributed by atoms with Crippen LogP contribution in [0.5, 0.6) is 0 Å². The molecule has 0 radical (unpaired) electrons. The molecule has 2 aromatic carbocycles. The molecule has 8 heteroatoms. The van der Waals surface area contributed by atoms with Crippen molar-refractivity contribution in [1.29, 1.82) is 0 Å². The molecule has 1 atom stereocenters. The Balaban J connectivity index is 1.61. The fourth-order valence-electron chi connectivity index (χ4n) is 3.03. The highest BCUT2D eigenvalue weighted by Crippen LogP contribution is 2.30. The smallest absolute Gasteiger partial charge is 0.376 e. The Morgan fingerprint density at radius 3 is 2.55 bits per heavy atom. The molecular weight excluding hydrogens is 381 g/mol. The second-order valence-electron chi connectivity index (χ2n) is 6.65. The van der Waals surface area contributed by atoms with Gasteiger partial charge in [-0.25, -0.2) is 4.68 Å². The third-order valence-corrected chi connectivity index (χ3v) is 4.54. The van der Waals surface area contributed by atoms with Crippen LogP contribution >= 0.6 is 0 Å². The predicted molar refractivity (Wildman–Crippen MR) is 105 cm³/mol. The van der Waals surface area contributed by atoms with Crippen molar-refractivity contribution < 1.29 is 18.0 Å². The first-order chi connectivity index (χ1) is 13.8. The molecule has 1 heterocycles. The third-order valence-electron chi connectivity index (χ3n) is 4.54. The van der Waals surface area contributed by atoms with Gasteiger partial charge in [-0.15, -0.1) is 0 Å². The largest absolute Gasteiger partial charge is 0.416 e. The number of nitrogens with one attached hydrogen (secondary N) is 2. The molecule has 29 heavy (non-hydrogen) atoms. The summed E-state index contributed by atoms with van der Waals surface area (Å²) in [4.78, 5) is 12.2. The molecule has 152 valence electrons. The van der Waals surface area contributed by atoms with E-state index in [1.165, 1.54) is 12.1 Å². The van der Waals surface area contributed by atoms with Crippen LogP contribution < -0.4 is 10.6 Å². The van der Waals surface area contributed by atoms with Crippen molar-refractivity contribution in [3.63, 3.8) is 0 Å². The van der Waals surface area contributed by atoms with Gasteiger partial charge < -0.3 is 10.6 Å². The highest BCUT2D eigenvalue weighted by molar-refractivity contribution is 5.81. The molecular formula is C21H21F3N4O. The molecule has 0 saturated carbocycles. The average molecular weight is 402 g/mol. The number of hydrogen-bond acceptors (Lipinski definition) is 3. The number of benzene rings is 2. The van der Waals surface area contributed by atoms with E-state index in [1.54, 1.807) is 10.9 Å². The first kappa shape index (κ1) is 20.4. The Bertz CT molecular complexity index is 983. The van der Waals surface area contributed by atoms with E-state index in [1.807, 2.05) is 44.2 Å². The van der Waals surface area contributed by atoms with Crippen molar-refractivity contribution in [2.75, 3.05) is 11.9 Å². The van der Waals surface area contributed by atoms with Crippen molar-refractivity contribution in [2.45, 2.75) is 26.1 Å². The summed E-state index contributed by atoms with van der Waals surface area (Å²) in [6.45, 7) is 3.61. The maximum absolute atomic E-state index is 12.8. The van der Waals surface area contributed by atoms with Gasteiger partial charge in [-0.1, -0.05) is 24.3 Å². The van der Waals surface area contributed by atoms with Crippen LogP contribution in [0.2, 0.25) is 0 Å². The number of para-hydroxylation sites is 1. The van der Waals surface area contributed by atoms with Crippen LogP contribution in [0.15, 0.2) is 60.8 Å². The number of hydrogen-bond donors (Lipinski definition) is 2. The topological polar surface area (TPSA) is 59.0 Å². The zero-order valence-electron chi connectivity index (χ0n) is 16.0. The summed E-state index contributed by atoms with van der Waals surface area (Å²) in [6.07, 6.45) is -2.72. The van der Waals surface area contributed by atoms with Gasteiger partial charge in [-0.05, 0) is 44.2 Å². The van der Waals surface area contributed by atoms with Crippen LogP contribution in [0.25, 0.3) is 5.69 Å². The van der Waals surface area contributed by atoms with Gasteiger partial charge in [0.15, 0.2) is 0 Å². The molecule has 0 aliphatic carbocycles. The summed E-state index contributed by atoms with van der Waals surface area (Å²) in [5.41, 5.74) is 2.15. The summed E-state index contributed by atoms with van der Waals surface area (Å²) >= 11 is 0. The minimum absolute atomic E-state index is 0.141. The van der Waals surface area contributed by atoms with E-state index in [-0.39, 0.29) is 24.2 Å². The maximum Gasteiger partial charge on any atom is 0.416 e. The molecule has 0 saturated heterocycles. The minimum atomic E-state index is -4.43. The number of amides is 1. The highest BCUT2D eigenvalue weighted by atomic mass is 19.4. The average Bonchev–Trinajstić information content (AvgIpc) is 3.08. The highest BCUT2D eigenvalue weighted by Gasteiger charge is 2.30. The van der Waals surface area contributed by atoms with E-state index in [9.17, 15) is 18.0 Å². The fraction of sp³-hybridized carbons (Fsp3) is 0.238. The van der Waals surface area contributed by atoms with E-state index in [0.29, 0.717) is 0 Å². The van der Waals surface area contributed by atoms with Gasteiger partial charge in [0.05, 0.1) is 30.0 Å². The number of anilines is 1. The molecule has 0 aliphatic rings. The van der Waals surface area contributed by atoms with Crippen molar-refractivity contribution >= 4 is 11.6 Å². The lowest BCUT2D eigenvalue weighted by molar-refractivity contribution is -0.137. The number of carbonyl (C=O) groups is 1. The molecule has 5 nitrogen and oxygen atoms in total. The monoisotopic (exact) mass is 402 g/mol. The summed E-state index contributed by atoms with van der Waals surface area (Å²) in [5.74, 6) is -0.332.